The van der Waals surface area contributed by atoms with Gasteiger partial charge in [-0.25, -0.2) is 12.8 Å². The first-order chi connectivity index (χ1) is 18.5. The Morgan fingerprint density at radius 1 is 1.18 bits per heavy atom. The number of nitrogens with two attached hydrogens (primary N) is 2. The van der Waals surface area contributed by atoms with Gasteiger partial charge in [0.25, 0.3) is 5.91 Å². The number of amidine groups is 1. The van der Waals surface area contributed by atoms with Crippen LogP contribution in [-0.2, 0) is 19.6 Å². The van der Waals surface area contributed by atoms with E-state index in [9.17, 15) is 18.0 Å². The highest BCUT2D eigenvalue weighted by molar-refractivity contribution is 7.93. The third-order valence-corrected chi connectivity index (χ3v) is 7.47. The Kier molecular flexibility index (Phi) is 10.0. The summed E-state index contributed by atoms with van der Waals surface area (Å²) in [5.74, 6) is -3.83. The fourth-order valence-electron chi connectivity index (χ4n) is 4.00. The van der Waals surface area contributed by atoms with Crippen molar-refractivity contribution in [3.63, 3.8) is 0 Å². The van der Waals surface area contributed by atoms with E-state index in [1.54, 1.807) is 18.2 Å². The molecule has 13 heteroatoms. The molecule has 1 aliphatic rings. The van der Waals surface area contributed by atoms with Crippen molar-refractivity contribution in [2.45, 2.75) is 25.9 Å². The van der Waals surface area contributed by atoms with Gasteiger partial charge in [-0.2, -0.15) is 0 Å². The van der Waals surface area contributed by atoms with Gasteiger partial charge in [-0.1, -0.05) is 18.2 Å². The Morgan fingerprint density at radius 3 is 2.54 bits per heavy atom. The third-order valence-electron chi connectivity index (χ3n) is 5.85. The molecule has 2 aromatic carbocycles. The van der Waals surface area contributed by atoms with Crippen LogP contribution in [0.15, 0.2) is 48.3 Å². The molecule has 0 aromatic heterocycles. The van der Waals surface area contributed by atoms with Gasteiger partial charge in [0, 0.05) is 5.56 Å². The lowest BCUT2D eigenvalue weighted by atomic mass is 10.1. The van der Waals surface area contributed by atoms with E-state index in [2.05, 4.69) is 5.32 Å². The molecule has 1 amide bonds. The molecule has 1 saturated heterocycles. The van der Waals surface area contributed by atoms with Crippen molar-refractivity contribution in [3.05, 3.63) is 65.0 Å². The molecule has 0 spiro atoms. The molecule has 0 radical (unpaired) electrons. The highest BCUT2D eigenvalue weighted by Crippen LogP contribution is 2.30. The molecule has 39 heavy (non-hydrogen) atoms. The fraction of sp³-hybridized carbons (Fsp3) is 0.346. The number of benzene rings is 2. The first-order valence-electron chi connectivity index (χ1n) is 12.3. The van der Waals surface area contributed by atoms with Crippen LogP contribution in [0.25, 0.3) is 6.08 Å². The van der Waals surface area contributed by atoms with Crippen molar-refractivity contribution < 1.29 is 31.9 Å². The first kappa shape index (κ1) is 29.6. The minimum absolute atomic E-state index is 0.0380. The molecular weight excluding hydrogens is 529 g/mol. The molecule has 2 aromatic rings. The molecule has 0 unspecified atom stereocenters. The van der Waals surface area contributed by atoms with Crippen molar-refractivity contribution >= 4 is 39.5 Å². The van der Waals surface area contributed by atoms with Gasteiger partial charge in [0.15, 0.2) is 5.75 Å². The van der Waals surface area contributed by atoms with E-state index >= 15 is 4.39 Å². The second-order valence-electron chi connectivity index (χ2n) is 8.81. The van der Waals surface area contributed by atoms with Crippen LogP contribution >= 0.6 is 0 Å². The molecule has 6 N–H and O–H groups in total. The lowest BCUT2D eigenvalue weighted by Gasteiger charge is -2.27. The van der Waals surface area contributed by atoms with E-state index < -0.39 is 40.0 Å². The molecule has 3 rings (SSSR count). The number of nitrogens with one attached hydrogen (secondary N) is 2. The Hall–Kier alpha value is -3.97. The molecule has 1 heterocycles. The molecule has 0 saturated carbocycles. The predicted octanol–water partition coefficient (Wildman–Crippen LogP) is 1.91. The van der Waals surface area contributed by atoms with Crippen LogP contribution in [0.1, 0.15) is 41.3 Å². The van der Waals surface area contributed by atoms with Crippen LogP contribution in [0.2, 0.25) is 0 Å². The molecule has 0 aliphatic carbocycles. The van der Waals surface area contributed by atoms with Crippen LogP contribution in [0.4, 0.5) is 10.1 Å². The molecule has 1 fully saturated rings. The first-order valence-corrected chi connectivity index (χ1v) is 13.9. The number of carbonyl (C=O) groups is 2. The number of nitrogen functional groups attached to an aromatic ring is 1. The number of anilines is 1. The van der Waals surface area contributed by atoms with Crippen LogP contribution in [0.3, 0.4) is 0 Å². The summed E-state index contributed by atoms with van der Waals surface area (Å²) in [6.07, 6.45) is 2.34. The van der Waals surface area contributed by atoms with E-state index in [1.807, 2.05) is 0 Å². The second kappa shape index (κ2) is 13.2. The summed E-state index contributed by atoms with van der Waals surface area (Å²) in [6, 6.07) is 10.1. The lowest BCUT2D eigenvalue weighted by molar-refractivity contribution is -0.139. The van der Waals surface area contributed by atoms with Gasteiger partial charge in [-0.3, -0.25) is 19.3 Å². The number of ether oxygens (including phenoxy) is 2. The summed E-state index contributed by atoms with van der Waals surface area (Å²) >= 11 is 0. The lowest BCUT2D eigenvalue weighted by Crippen LogP contribution is -2.37. The van der Waals surface area contributed by atoms with Crippen LogP contribution < -0.4 is 25.8 Å². The maximum atomic E-state index is 15.3. The normalized spacial score (nSPS) is 14.5. The van der Waals surface area contributed by atoms with Crippen molar-refractivity contribution in [2.24, 2.45) is 11.5 Å². The van der Waals surface area contributed by atoms with Gasteiger partial charge in [0.05, 0.1) is 24.4 Å². The van der Waals surface area contributed by atoms with Gasteiger partial charge in [-0.15, -0.1) is 0 Å². The molecule has 0 bridgehead atoms. The average Bonchev–Trinajstić information content (AvgIpc) is 2.88. The summed E-state index contributed by atoms with van der Waals surface area (Å²) in [7, 11) is -4.47. The summed E-state index contributed by atoms with van der Waals surface area (Å²) < 4.78 is 53.2. The van der Waals surface area contributed by atoms with Crippen molar-refractivity contribution in [1.82, 2.24) is 5.32 Å². The summed E-state index contributed by atoms with van der Waals surface area (Å²) in [5, 5.41) is 10.8. The zero-order chi connectivity index (χ0) is 28.6. The van der Waals surface area contributed by atoms with Crippen molar-refractivity contribution in [1.29, 1.82) is 5.41 Å². The number of hydrogen-bond donors (Lipinski definition) is 4. The van der Waals surface area contributed by atoms with Crippen LogP contribution in [0.5, 0.6) is 5.75 Å². The summed E-state index contributed by atoms with van der Waals surface area (Å²) in [6.45, 7) is 2.19. The second-order valence-corrected chi connectivity index (χ2v) is 10.7. The Labute approximate surface area is 226 Å². The number of primary amides is 1. The van der Waals surface area contributed by atoms with E-state index in [0.717, 1.165) is 19.2 Å². The minimum atomic E-state index is -4.47. The number of halogens is 1. The predicted molar refractivity (Wildman–Crippen MR) is 146 cm³/mol. The van der Waals surface area contributed by atoms with E-state index in [0.29, 0.717) is 28.3 Å². The number of carbonyl (C=O) groups excluding carboxylic acids is 2. The minimum Gasteiger partial charge on any atom is -0.489 e. The monoisotopic (exact) mass is 561 g/mol. The highest BCUT2D eigenvalue weighted by atomic mass is 32.2. The topological polar surface area (TPSA) is 178 Å². The molecule has 1 aliphatic heterocycles. The van der Waals surface area contributed by atoms with Gasteiger partial charge in [0.2, 0.25) is 10.0 Å². The molecule has 11 nitrogen and oxygen atoms in total. The number of esters is 1. The smallest absolute Gasteiger partial charge is 0.323 e. The third kappa shape index (κ3) is 8.26. The number of nitrogens with zero attached hydrogens (tertiary/aromatic N) is 1. The largest absolute Gasteiger partial charge is 0.489 e. The summed E-state index contributed by atoms with van der Waals surface area (Å²) in [5.41, 5.74) is 11.6. The Bertz CT molecular complexity index is 1360. The quantitative estimate of drug-likeness (QED) is 0.172. The van der Waals surface area contributed by atoms with Gasteiger partial charge in [0.1, 0.15) is 23.5 Å². The Balaban J connectivity index is 1.99. The van der Waals surface area contributed by atoms with Crippen LogP contribution in [-0.4, -0.2) is 64.2 Å². The standard InChI is InChI=1S/C26H32FN5O6S/c1-2-37-24(33)16-39(35,36)32(15-19(27)13-17-4-3-5-18(12-17)25(28)29)20-6-7-23(22(14-20)26(30)34)38-21-8-10-31-11-9-21/h3-7,12-14,21,31H,2,8-11,15-16H2,1H3,(H3,28,29)(H2,30,34)/b19-13+. The van der Waals surface area contributed by atoms with Gasteiger partial charge < -0.3 is 26.3 Å². The van der Waals surface area contributed by atoms with Crippen molar-refractivity contribution in [3.8, 4) is 5.75 Å². The van der Waals surface area contributed by atoms with E-state index in [1.165, 1.54) is 31.2 Å². The molecule has 0 atom stereocenters. The zero-order valence-corrected chi connectivity index (χ0v) is 22.3. The van der Waals surface area contributed by atoms with Gasteiger partial charge >= 0.3 is 5.97 Å². The number of rotatable bonds is 12. The van der Waals surface area contributed by atoms with Gasteiger partial charge in [-0.05, 0) is 68.8 Å². The van der Waals surface area contributed by atoms with Crippen molar-refractivity contribution in [2.75, 3.05) is 36.3 Å². The maximum absolute atomic E-state index is 15.3. The number of amides is 1. The molecular formula is C26H32FN5O6S. The molecule has 210 valence electrons. The highest BCUT2D eigenvalue weighted by Gasteiger charge is 2.29. The zero-order valence-electron chi connectivity index (χ0n) is 21.5. The average molecular weight is 562 g/mol. The van der Waals surface area contributed by atoms with Crippen LogP contribution in [0, 0.1) is 5.41 Å². The fourth-order valence-corrected chi connectivity index (χ4v) is 5.29. The summed E-state index contributed by atoms with van der Waals surface area (Å²) in [4.78, 5) is 24.3. The Morgan fingerprint density at radius 2 is 1.90 bits per heavy atom. The number of hydrogen-bond acceptors (Lipinski definition) is 8. The van der Waals surface area contributed by atoms with E-state index in [-0.39, 0.29) is 35.5 Å². The SMILES string of the molecule is CCOC(=O)CS(=O)(=O)N(C/C(F)=C\c1cccc(C(=N)N)c1)c1ccc(OC2CCNCC2)c(C(N)=O)c1. The maximum Gasteiger partial charge on any atom is 0.323 e. The number of sulfonamides is 1. The number of piperidine rings is 1. The van der Waals surface area contributed by atoms with E-state index in [4.69, 9.17) is 26.4 Å².